The van der Waals surface area contributed by atoms with Crippen LogP contribution in [0.15, 0.2) is 42.7 Å². The van der Waals surface area contributed by atoms with Crippen molar-refractivity contribution in [2.75, 3.05) is 7.05 Å². The molecule has 19 heavy (non-hydrogen) atoms. The summed E-state index contributed by atoms with van der Waals surface area (Å²) in [4.78, 5) is 3.91. The van der Waals surface area contributed by atoms with Gasteiger partial charge >= 0.3 is 0 Å². The third-order valence-corrected chi connectivity index (χ3v) is 3.44. The van der Waals surface area contributed by atoms with E-state index in [2.05, 4.69) is 35.4 Å². The average Bonchev–Trinajstić information content (AvgIpc) is 2.41. The van der Waals surface area contributed by atoms with Gasteiger partial charge < -0.3 is 5.32 Å². The summed E-state index contributed by atoms with van der Waals surface area (Å²) in [6.45, 7) is 2.12. The van der Waals surface area contributed by atoms with Crippen molar-refractivity contribution < 1.29 is 4.39 Å². The van der Waals surface area contributed by atoms with Crippen LogP contribution in [-0.4, -0.2) is 12.0 Å². The van der Waals surface area contributed by atoms with Crippen LogP contribution in [0.4, 0.5) is 4.39 Å². The van der Waals surface area contributed by atoms with Crippen molar-refractivity contribution in [1.82, 2.24) is 10.3 Å². The molecular formula is C16H19FN2. The van der Waals surface area contributed by atoms with Crippen LogP contribution < -0.4 is 5.32 Å². The van der Waals surface area contributed by atoms with Crippen molar-refractivity contribution in [1.29, 1.82) is 0 Å². The highest BCUT2D eigenvalue weighted by Gasteiger charge is 2.11. The second-order valence-electron chi connectivity index (χ2n) is 4.74. The van der Waals surface area contributed by atoms with Gasteiger partial charge in [0.2, 0.25) is 0 Å². The van der Waals surface area contributed by atoms with Gasteiger partial charge in [-0.25, -0.2) is 4.39 Å². The molecule has 0 saturated carbocycles. The molecule has 1 atom stereocenters. The summed E-state index contributed by atoms with van der Waals surface area (Å²) in [6, 6.07) is 10.0. The minimum Gasteiger partial charge on any atom is -0.313 e. The molecule has 2 rings (SSSR count). The van der Waals surface area contributed by atoms with E-state index >= 15 is 0 Å². The Balaban J connectivity index is 2.06. The van der Waals surface area contributed by atoms with E-state index in [1.807, 2.05) is 13.1 Å². The molecule has 0 spiro atoms. The first kappa shape index (κ1) is 13.7. The second-order valence-corrected chi connectivity index (χ2v) is 4.74. The summed E-state index contributed by atoms with van der Waals surface area (Å²) >= 11 is 0. The molecule has 0 aliphatic heterocycles. The maximum absolute atomic E-state index is 13.2. The van der Waals surface area contributed by atoms with Gasteiger partial charge in [-0.2, -0.15) is 0 Å². The molecule has 0 fully saturated rings. The number of hydrogen-bond acceptors (Lipinski definition) is 2. The molecule has 1 aromatic carbocycles. The van der Waals surface area contributed by atoms with E-state index in [0.717, 1.165) is 18.4 Å². The summed E-state index contributed by atoms with van der Waals surface area (Å²) in [5.41, 5.74) is 3.54. The van der Waals surface area contributed by atoms with E-state index in [4.69, 9.17) is 0 Å². The number of pyridine rings is 1. The fourth-order valence-electron chi connectivity index (χ4n) is 2.29. The van der Waals surface area contributed by atoms with Gasteiger partial charge in [0.15, 0.2) is 0 Å². The lowest BCUT2D eigenvalue weighted by Gasteiger charge is -2.17. The van der Waals surface area contributed by atoms with Crippen LogP contribution in [0.1, 0.15) is 29.2 Å². The second kappa shape index (κ2) is 6.43. The predicted molar refractivity (Wildman–Crippen MR) is 75.5 cm³/mol. The zero-order valence-electron chi connectivity index (χ0n) is 11.4. The maximum atomic E-state index is 13.2. The summed E-state index contributed by atoms with van der Waals surface area (Å²) in [6.07, 6.45) is 4.85. The fraction of sp³-hybridized carbons (Fsp3) is 0.312. The first-order chi connectivity index (χ1) is 9.20. The fourth-order valence-corrected chi connectivity index (χ4v) is 2.29. The molecule has 1 N–H and O–H groups in total. The molecule has 0 amide bonds. The molecule has 0 radical (unpaired) electrons. The van der Waals surface area contributed by atoms with E-state index < -0.39 is 0 Å². The molecule has 2 aromatic rings. The Morgan fingerprint density at radius 2 is 2.05 bits per heavy atom. The highest BCUT2D eigenvalue weighted by atomic mass is 19.1. The molecule has 2 nitrogen and oxygen atoms in total. The van der Waals surface area contributed by atoms with Crippen molar-refractivity contribution in [2.45, 2.75) is 25.8 Å². The Labute approximate surface area is 113 Å². The first-order valence-corrected chi connectivity index (χ1v) is 6.53. The van der Waals surface area contributed by atoms with Crippen molar-refractivity contribution >= 4 is 0 Å². The van der Waals surface area contributed by atoms with Gasteiger partial charge in [0.1, 0.15) is 5.82 Å². The molecular weight excluding hydrogens is 239 g/mol. The Morgan fingerprint density at radius 1 is 1.26 bits per heavy atom. The van der Waals surface area contributed by atoms with Gasteiger partial charge in [-0.3, -0.25) is 4.98 Å². The predicted octanol–water partition coefficient (Wildman–Crippen LogP) is 3.42. The number of nitrogens with one attached hydrogen (secondary N) is 1. The van der Waals surface area contributed by atoms with Gasteiger partial charge in [-0.15, -0.1) is 0 Å². The van der Waals surface area contributed by atoms with Crippen molar-refractivity contribution in [3.63, 3.8) is 0 Å². The lowest BCUT2D eigenvalue weighted by atomic mass is 9.98. The third kappa shape index (κ3) is 3.61. The van der Waals surface area contributed by atoms with Crippen LogP contribution in [0, 0.1) is 12.7 Å². The summed E-state index contributed by atoms with van der Waals surface area (Å²) in [5, 5.41) is 3.23. The topological polar surface area (TPSA) is 24.9 Å². The van der Waals surface area contributed by atoms with E-state index in [9.17, 15) is 4.39 Å². The van der Waals surface area contributed by atoms with E-state index in [1.54, 1.807) is 12.3 Å². The Bertz CT molecular complexity index is 540. The Kier molecular flexibility index (Phi) is 4.63. The number of aromatic nitrogens is 1. The third-order valence-electron chi connectivity index (χ3n) is 3.44. The normalized spacial score (nSPS) is 12.4. The number of aryl methyl sites for hydroxylation is 2. The molecule has 0 aliphatic rings. The SMILES string of the molecule is CNC(CCc1ccccc1C)c1cncc(F)c1. The molecule has 1 unspecified atom stereocenters. The van der Waals surface area contributed by atoms with Crippen LogP contribution in [0.3, 0.4) is 0 Å². The Hall–Kier alpha value is -1.74. The molecule has 1 aromatic heterocycles. The highest BCUT2D eigenvalue weighted by molar-refractivity contribution is 5.26. The average molecular weight is 258 g/mol. The molecule has 0 saturated heterocycles. The van der Waals surface area contributed by atoms with E-state index in [-0.39, 0.29) is 11.9 Å². The van der Waals surface area contributed by atoms with Crippen LogP contribution in [0.2, 0.25) is 0 Å². The summed E-state index contributed by atoms with van der Waals surface area (Å²) in [7, 11) is 1.90. The number of rotatable bonds is 5. The van der Waals surface area contributed by atoms with Crippen LogP contribution in [0.5, 0.6) is 0 Å². The van der Waals surface area contributed by atoms with Gasteiger partial charge in [0.05, 0.1) is 6.20 Å². The number of nitrogens with zero attached hydrogens (tertiary/aromatic N) is 1. The lowest BCUT2D eigenvalue weighted by Crippen LogP contribution is -2.17. The molecule has 1 heterocycles. The number of hydrogen-bond donors (Lipinski definition) is 1. The lowest BCUT2D eigenvalue weighted by molar-refractivity contribution is 0.538. The molecule has 0 aliphatic carbocycles. The van der Waals surface area contributed by atoms with E-state index in [0.29, 0.717) is 0 Å². The molecule has 3 heteroatoms. The van der Waals surface area contributed by atoms with Gasteiger partial charge in [-0.05, 0) is 49.6 Å². The standard InChI is InChI=1S/C16H19FN2/c1-12-5-3-4-6-13(12)7-8-16(18-2)14-9-15(17)11-19-10-14/h3-6,9-11,16,18H,7-8H2,1-2H3. The maximum Gasteiger partial charge on any atom is 0.141 e. The van der Waals surface area contributed by atoms with Crippen LogP contribution in [0.25, 0.3) is 0 Å². The van der Waals surface area contributed by atoms with Crippen molar-refractivity contribution in [2.24, 2.45) is 0 Å². The molecule has 0 bridgehead atoms. The van der Waals surface area contributed by atoms with Gasteiger partial charge in [-0.1, -0.05) is 24.3 Å². The van der Waals surface area contributed by atoms with Gasteiger partial charge in [0.25, 0.3) is 0 Å². The number of benzene rings is 1. The minimum absolute atomic E-state index is 0.128. The van der Waals surface area contributed by atoms with Crippen LogP contribution in [-0.2, 0) is 6.42 Å². The Morgan fingerprint density at radius 3 is 2.74 bits per heavy atom. The molecule has 100 valence electrons. The zero-order valence-corrected chi connectivity index (χ0v) is 11.4. The van der Waals surface area contributed by atoms with Gasteiger partial charge in [0, 0.05) is 12.2 Å². The largest absolute Gasteiger partial charge is 0.313 e. The summed E-state index contributed by atoms with van der Waals surface area (Å²) in [5.74, 6) is -0.284. The van der Waals surface area contributed by atoms with Crippen molar-refractivity contribution in [3.8, 4) is 0 Å². The number of halogens is 1. The minimum atomic E-state index is -0.284. The first-order valence-electron chi connectivity index (χ1n) is 6.53. The quantitative estimate of drug-likeness (QED) is 0.888. The monoisotopic (exact) mass is 258 g/mol. The summed E-state index contributed by atoms with van der Waals surface area (Å²) < 4.78 is 13.2. The van der Waals surface area contributed by atoms with Crippen molar-refractivity contribution in [3.05, 3.63) is 65.2 Å². The van der Waals surface area contributed by atoms with E-state index in [1.165, 1.54) is 17.3 Å². The smallest absolute Gasteiger partial charge is 0.141 e. The highest BCUT2D eigenvalue weighted by Crippen LogP contribution is 2.20. The zero-order chi connectivity index (χ0) is 13.7. The van der Waals surface area contributed by atoms with Crippen LogP contribution >= 0.6 is 0 Å².